The quantitative estimate of drug-likeness (QED) is 0.424. The van der Waals surface area contributed by atoms with Crippen LogP contribution in [0.1, 0.15) is 31.3 Å². The van der Waals surface area contributed by atoms with Crippen LogP contribution in [0, 0.1) is 6.92 Å². The molecule has 174 valence electrons. The Morgan fingerprint density at radius 2 is 1.82 bits per heavy atom. The van der Waals surface area contributed by atoms with Crippen LogP contribution in [0.25, 0.3) is 22.1 Å². The van der Waals surface area contributed by atoms with E-state index in [0.717, 1.165) is 29.1 Å². The molecule has 0 spiro atoms. The van der Waals surface area contributed by atoms with Crippen molar-refractivity contribution in [2.45, 2.75) is 32.9 Å². The molecule has 5 rings (SSSR count). The zero-order valence-electron chi connectivity index (χ0n) is 19.9. The molecule has 1 fully saturated rings. The summed E-state index contributed by atoms with van der Waals surface area (Å²) < 4.78 is 5.63. The van der Waals surface area contributed by atoms with Crippen LogP contribution in [-0.4, -0.2) is 41.6 Å². The van der Waals surface area contributed by atoms with Gasteiger partial charge in [-0.15, -0.1) is 0 Å². The average Bonchev–Trinajstić information content (AvgIpc) is 3.30. The van der Waals surface area contributed by atoms with Crippen LogP contribution in [-0.2, 0) is 0 Å². The van der Waals surface area contributed by atoms with Gasteiger partial charge in [-0.25, -0.2) is 9.78 Å². The van der Waals surface area contributed by atoms with E-state index in [4.69, 9.17) is 4.42 Å². The highest BCUT2D eigenvalue weighted by Crippen LogP contribution is 2.27. The summed E-state index contributed by atoms with van der Waals surface area (Å²) in [6, 6.07) is 23.0. The molecule has 0 bridgehead atoms. The van der Waals surface area contributed by atoms with Gasteiger partial charge in [-0.3, -0.25) is 0 Å². The Hall–Kier alpha value is -3.80. The first-order chi connectivity index (χ1) is 16.5. The van der Waals surface area contributed by atoms with Gasteiger partial charge in [0.25, 0.3) is 0 Å². The van der Waals surface area contributed by atoms with Crippen molar-refractivity contribution in [1.82, 2.24) is 15.2 Å². The van der Waals surface area contributed by atoms with Crippen molar-refractivity contribution in [2.75, 3.05) is 24.5 Å². The lowest BCUT2D eigenvalue weighted by Gasteiger charge is -2.41. The smallest absolute Gasteiger partial charge is 0.318 e. The Labute approximate surface area is 200 Å². The topological polar surface area (TPSA) is 61.6 Å². The first-order valence-corrected chi connectivity index (χ1v) is 11.8. The fraction of sp³-hybridized carbons (Fsp3) is 0.286. The monoisotopic (exact) mass is 454 g/mol. The first kappa shape index (κ1) is 22.0. The summed E-state index contributed by atoms with van der Waals surface area (Å²) in [5.74, 6) is 1.44. The molecule has 1 unspecified atom stereocenters. The Balaban J connectivity index is 1.22. The second-order valence-electron chi connectivity index (χ2n) is 9.02. The van der Waals surface area contributed by atoms with E-state index in [9.17, 15) is 4.79 Å². The summed E-state index contributed by atoms with van der Waals surface area (Å²) in [5, 5.41) is 5.58. The molecule has 2 atom stereocenters. The highest BCUT2D eigenvalue weighted by Gasteiger charge is 2.28. The minimum atomic E-state index is -0.0702. The predicted molar refractivity (Wildman–Crippen MR) is 136 cm³/mol. The standard InChI is InChI=1S/C28H30N4O2/c1-19-18-31(28(33)30-20(2)25-10-6-8-22-7-4-5-9-26(22)25)15-16-32(19)24-13-11-23(12-14-24)27-17-29-21(3)34-27/h4-14,17,19-20H,15-16,18H2,1-3H3,(H,30,33)/t19?,20-/m0/s1. The van der Waals surface area contributed by atoms with E-state index < -0.39 is 0 Å². The normalized spacial score (nSPS) is 17.1. The maximum Gasteiger partial charge on any atom is 0.318 e. The third kappa shape index (κ3) is 4.36. The zero-order valence-corrected chi connectivity index (χ0v) is 19.9. The molecule has 1 aromatic heterocycles. The van der Waals surface area contributed by atoms with Gasteiger partial charge in [0.2, 0.25) is 0 Å². The van der Waals surface area contributed by atoms with Crippen molar-refractivity contribution in [3.05, 3.63) is 84.4 Å². The SMILES string of the molecule is Cc1ncc(-c2ccc(N3CCN(C(=O)N[C@@H](C)c4cccc5ccccc45)CC3C)cc2)o1. The summed E-state index contributed by atoms with van der Waals surface area (Å²) in [4.78, 5) is 21.5. The number of aromatic nitrogens is 1. The van der Waals surface area contributed by atoms with Gasteiger partial charge in [-0.05, 0) is 54.4 Å². The third-order valence-corrected chi connectivity index (χ3v) is 6.65. The molecule has 3 aromatic carbocycles. The Morgan fingerprint density at radius 1 is 1.06 bits per heavy atom. The number of urea groups is 1. The Bertz CT molecular complexity index is 1290. The van der Waals surface area contributed by atoms with Crippen LogP contribution in [0.15, 0.2) is 77.3 Å². The number of carbonyl (C=O) groups is 1. The van der Waals surface area contributed by atoms with Crippen molar-refractivity contribution in [1.29, 1.82) is 0 Å². The number of aryl methyl sites for hydroxylation is 1. The fourth-order valence-electron chi connectivity index (χ4n) is 4.82. The molecule has 2 heterocycles. The molecule has 4 aromatic rings. The van der Waals surface area contributed by atoms with Gasteiger partial charge in [0.15, 0.2) is 11.7 Å². The van der Waals surface area contributed by atoms with E-state index in [2.05, 4.69) is 83.6 Å². The molecule has 1 N–H and O–H groups in total. The molecule has 0 saturated carbocycles. The molecule has 34 heavy (non-hydrogen) atoms. The number of benzene rings is 3. The second kappa shape index (κ2) is 9.21. The highest BCUT2D eigenvalue weighted by molar-refractivity contribution is 5.86. The number of oxazole rings is 1. The van der Waals surface area contributed by atoms with Crippen molar-refractivity contribution in [3.63, 3.8) is 0 Å². The van der Waals surface area contributed by atoms with Crippen LogP contribution < -0.4 is 10.2 Å². The van der Waals surface area contributed by atoms with Gasteiger partial charge in [-0.2, -0.15) is 0 Å². The van der Waals surface area contributed by atoms with Crippen molar-refractivity contribution < 1.29 is 9.21 Å². The lowest BCUT2D eigenvalue weighted by molar-refractivity contribution is 0.183. The van der Waals surface area contributed by atoms with Crippen LogP contribution in [0.4, 0.5) is 10.5 Å². The number of anilines is 1. The van der Waals surface area contributed by atoms with Gasteiger partial charge in [0.05, 0.1) is 12.2 Å². The number of piperazine rings is 1. The van der Waals surface area contributed by atoms with E-state index >= 15 is 0 Å². The molecular weight excluding hydrogens is 424 g/mol. The van der Waals surface area contributed by atoms with Gasteiger partial charge in [0.1, 0.15) is 0 Å². The number of hydrogen-bond donors (Lipinski definition) is 1. The maximum absolute atomic E-state index is 13.1. The van der Waals surface area contributed by atoms with Crippen LogP contribution in [0.2, 0.25) is 0 Å². The van der Waals surface area contributed by atoms with Crippen LogP contribution in [0.3, 0.4) is 0 Å². The van der Waals surface area contributed by atoms with E-state index in [-0.39, 0.29) is 18.1 Å². The number of nitrogens with zero attached hydrogens (tertiary/aromatic N) is 3. The molecular formula is C28H30N4O2. The minimum absolute atomic E-state index is 0.0111. The van der Waals surface area contributed by atoms with E-state index in [1.807, 2.05) is 24.0 Å². The molecule has 0 radical (unpaired) electrons. The summed E-state index contributed by atoms with van der Waals surface area (Å²) >= 11 is 0. The van der Waals surface area contributed by atoms with Crippen molar-refractivity contribution in [2.24, 2.45) is 0 Å². The molecule has 1 aliphatic heterocycles. The molecule has 2 amide bonds. The van der Waals surface area contributed by atoms with E-state index in [1.54, 1.807) is 6.20 Å². The summed E-state index contributed by atoms with van der Waals surface area (Å²) in [7, 11) is 0. The number of carbonyl (C=O) groups excluding carboxylic acids is 1. The average molecular weight is 455 g/mol. The molecule has 0 aliphatic carbocycles. The van der Waals surface area contributed by atoms with Crippen molar-refractivity contribution in [3.8, 4) is 11.3 Å². The summed E-state index contributed by atoms with van der Waals surface area (Å²) in [6.45, 7) is 8.22. The maximum atomic E-state index is 13.1. The van der Waals surface area contributed by atoms with Gasteiger partial charge in [-0.1, -0.05) is 42.5 Å². The van der Waals surface area contributed by atoms with Crippen LogP contribution in [0.5, 0.6) is 0 Å². The highest BCUT2D eigenvalue weighted by atomic mass is 16.4. The molecule has 1 aliphatic rings. The second-order valence-corrected chi connectivity index (χ2v) is 9.02. The number of rotatable bonds is 4. The molecule has 6 heteroatoms. The van der Waals surface area contributed by atoms with Crippen LogP contribution >= 0.6 is 0 Å². The van der Waals surface area contributed by atoms with Gasteiger partial charge in [0, 0.05) is 43.9 Å². The lowest BCUT2D eigenvalue weighted by atomic mass is 10.00. The molecule has 6 nitrogen and oxygen atoms in total. The largest absolute Gasteiger partial charge is 0.441 e. The number of nitrogens with one attached hydrogen (secondary N) is 1. The fourth-order valence-corrected chi connectivity index (χ4v) is 4.82. The van der Waals surface area contributed by atoms with E-state index in [1.165, 1.54) is 10.8 Å². The van der Waals surface area contributed by atoms with Gasteiger partial charge >= 0.3 is 6.03 Å². The third-order valence-electron chi connectivity index (χ3n) is 6.65. The summed E-state index contributed by atoms with van der Waals surface area (Å²) in [5.41, 5.74) is 3.30. The Morgan fingerprint density at radius 3 is 2.56 bits per heavy atom. The predicted octanol–water partition coefficient (Wildman–Crippen LogP) is 5.78. The van der Waals surface area contributed by atoms with E-state index in [0.29, 0.717) is 19.0 Å². The zero-order chi connectivity index (χ0) is 23.7. The number of fused-ring (bicyclic) bond motifs is 1. The molecule has 1 saturated heterocycles. The number of amides is 2. The number of hydrogen-bond acceptors (Lipinski definition) is 4. The Kier molecular flexibility index (Phi) is 5.97. The van der Waals surface area contributed by atoms with Crippen molar-refractivity contribution >= 4 is 22.5 Å². The van der Waals surface area contributed by atoms with Gasteiger partial charge < -0.3 is 19.5 Å². The first-order valence-electron chi connectivity index (χ1n) is 11.8. The lowest BCUT2D eigenvalue weighted by Crippen LogP contribution is -2.56. The summed E-state index contributed by atoms with van der Waals surface area (Å²) in [6.07, 6.45) is 1.75. The minimum Gasteiger partial charge on any atom is -0.441 e.